The van der Waals surface area contributed by atoms with Gasteiger partial charge in [0.2, 0.25) is 0 Å². The van der Waals surface area contributed by atoms with E-state index in [0.29, 0.717) is 5.92 Å². The third-order valence-electron chi connectivity index (χ3n) is 3.33. The molecule has 1 fully saturated rings. The smallest absolute Gasteiger partial charge is 0.0994 e. The maximum atomic E-state index is 9.08. The van der Waals surface area contributed by atoms with Crippen molar-refractivity contribution in [3.05, 3.63) is 35.4 Å². The molecular weight excluding hydrogens is 184 g/mol. The summed E-state index contributed by atoms with van der Waals surface area (Å²) in [5.41, 5.74) is 2.25. The van der Waals surface area contributed by atoms with Crippen LogP contribution in [0.4, 0.5) is 0 Å². The highest BCUT2D eigenvalue weighted by atomic mass is 14.9. The number of nitrogens with zero attached hydrogens (tertiary/aromatic N) is 1. The number of hydrogen-bond donors (Lipinski definition) is 1. The molecule has 2 nitrogen and oxygen atoms in total. The summed E-state index contributed by atoms with van der Waals surface area (Å²) in [7, 11) is 0. The van der Waals surface area contributed by atoms with Crippen molar-refractivity contribution in [1.29, 1.82) is 5.26 Å². The van der Waals surface area contributed by atoms with Crippen molar-refractivity contribution in [3.8, 4) is 6.07 Å². The Kier molecular flexibility index (Phi) is 2.50. The first-order valence-electron chi connectivity index (χ1n) is 5.35. The fraction of sp³-hybridized carbons (Fsp3) is 0.462. The molecule has 0 unspecified atom stereocenters. The fourth-order valence-electron chi connectivity index (χ4n) is 2.37. The summed E-state index contributed by atoms with van der Waals surface area (Å²) in [4.78, 5) is 0. The molecule has 0 amide bonds. The third kappa shape index (κ3) is 1.75. The Balaban J connectivity index is 2.42. The van der Waals surface area contributed by atoms with E-state index >= 15 is 0 Å². The molecule has 2 rings (SSSR count). The molecule has 1 atom stereocenters. The van der Waals surface area contributed by atoms with Crippen molar-refractivity contribution in [3.63, 3.8) is 0 Å². The maximum Gasteiger partial charge on any atom is 0.0994 e. The van der Waals surface area contributed by atoms with Crippen LogP contribution in [0.3, 0.4) is 0 Å². The van der Waals surface area contributed by atoms with Gasteiger partial charge in [0.15, 0.2) is 0 Å². The fourth-order valence-corrected chi connectivity index (χ4v) is 2.37. The van der Waals surface area contributed by atoms with Crippen molar-refractivity contribution in [1.82, 2.24) is 5.32 Å². The summed E-state index contributed by atoms with van der Waals surface area (Å²) in [5, 5.41) is 12.5. The molecule has 0 aliphatic carbocycles. The molecule has 0 bridgehead atoms. The second-order valence-electron chi connectivity index (χ2n) is 4.87. The van der Waals surface area contributed by atoms with Crippen LogP contribution in [0.1, 0.15) is 30.9 Å². The van der Waals surface area contributed by atoms with E-state index in [-0.39, 0.29) is 5.41 Å². The molecule has 0 aromatic heterocycles. The van der Waals surface area contributed by atoms with Crippen LogP contribution in [0.2, 0.25) is 0 Å². The molecular formula is C13H16N2. The summed E-state index contributed by atoms with van der Waals surface area (Å²) >= 11 is 0. The minimum absolute atomic E-state index is 0.243. The first-order chi connectivity index (χ1) is 7.15. The average molecular weight is 200 g/mol. The van der Waals surface area contributed by atoms with E-state index in [4.69, 9.17) is 5.26 Å². The summed E-state index contributed by atoms with van der Waals surface area (Å²) < 4.78 is 0. The normalized spacial score (nSPS) is 23.7. The summed E-state index contributed by atoms with van der Waals surface area (Å²) in [6.07, 6.45) is 0. The van der Waals surface area contributed by atoms with Crippen LogP contribution in [0, 0.1) is 16.7 Å². The molecule has 1 aromatic carbocycles. The molecule has 1 heterocycles. The van der Waals surface area contributed by atoms with E-state index in [9.17, 15) is 0 Å². The highest BCUT2D eigenvalue weighted by Gasteiger charge is 2.36. The van der Waals surface area contributed by atoms with Crippen LogP contribution in [-0.4, -0.2) is 13.1 Å². The number of hydrogen-bond acceptors (Lipinski definition) is 2. The van der Waals surface area contributed by atoms with Crippen LogP contribution in [-0.2, 0) is 0 Å². The van der Waals surface area contributed by atoms with Crippen molar-refractivity contribution in [2.45, 2.75) is 19.8 Å². The number of benzene rings is 1. The molecule has 78 valence electrons. The molecule has 15 heavy (non-hydrogen) atoms. The minimum Gasteiger partial charge on any atom is -0.316 e. The zero-order chi connectivity index (χ0) is 10.9. The molecule has 1 aliphatic heterocycles. The molecule has 1 saturated heterocycles. The van der Waals surface area contributed by atoms with Gasteiger partial charge in [-0.15, -0.1) is 0 Å². The molecule has 2 heteroatoms. The van der Waals surface area contributed by atoms with Gasteiger partial charge in [-0.2, -0.15) is 5.26 Å². The number of rotatable bonds is 1. The number of nitrogens with one attached hydrogen (secondary N) is 1. The highest BCUT2D eigenvalue weighted by Crippen LogP contribution is 2.39. The largest absolute Gasteiger partial charge is 0.316 e. The monoisotopic (exact) mass is 200 g/mol. The topological polar surface area (TPSA) is 35.8 Å². The molecule has 1 aromatic rings. The Bertz CT molecular complexity index is 401. The van der Waals surface area contributed by atoms with Gasteiger partial charge >= 0.3 is 0 Å². The second kappa shape index (κ2) is 3.67. The molecule has 1 N–H and O–H groups in total. The van der Waals surface area contributed by atoms with Crippen LogP contribution in [0.15, 0.2) is 24.3 Å². The van der Waals surface area contributed by atoms with E-state index in [1.807, 2.05) is 18.2 Å². The predicted octanol–water partition coefficient (Wildman–Crippen LogP) is 2.27. The van der Waals surface area contributed by atoms with E-state index in [2.05, 4.69) is 31.3 Å². The molecule has 0 saturated carbocycles. The van der Waals surface area contributed by atoms with Crippen LogP contribution >= 0.6 is 0 Å². The Morgan fingerprint density at radius 2 is 2.13 bits per heavy atom. The lowest BCUT2D eigenvalue weighted by atomic mass is 9.76. The van der Waals surface area contributed by atoms with Crippen molar-refractivity contribution in [2.24, 2.45) is 5.41 Å². The van der Waals surface area contributed by atoms with Gasteiger partial charge < -0.3 is 5.32 Å². The molecule has 1 aliphatic rings. The van der Waals surface area contributed by atoms with Crippen LogP contribution in [0.5, 0.6) is 0 Å². The summed E-state index contributed by atoms with van der Waals surface area (Å²) in [6, 6.07) is 10.2. The van der Waals surface area contributed by atoms with Gasteiger partial charge in [-0.25, -0.2) is 0 Å². The molecule has 0 radical (unpaired) electrons. The Morgan fingerprint density at radius 3 is 2.73 bits per heavy atom. The Hall–Kier alpha value is -1.33. The van der Waals surface area contributed by atoms with Gasteiger partial charge in [-0.3, -0.25) is 0 Å². The second-order valence-corrected chi connectivity index (χ2v) is 4.87. The lowest BCUT2D eigenvalue weighted by Crippen LogP contribution is -2.21. The highest BCUT2D eigenvalue weighted by molar-refractivity contribution is 5.41. The van der Waals surface area contributed by atoms with Gasteiger partial charge in [-0.05, 0) is 17.0 Å². The minimum atomic E-state index is 0.243. The average Bonchev–Trinajstić information content (AvgIpc) is 2.58. The van der Waals surface area contributed by atoms with Crippen molar-refractivity contribution in [2.75, 3.05) is 13.1 Å². The van der Waals surface area contributed by atoms with Crippen LogP contribution in [0.25, 0.3) is 0 Å². The van der Waals surface area contributed by atoms with Crippen LogP contribution < -0.4 is 5.32 Å². The van der Waals surface area contributed by atoms with Gasteiger partial charge in [0, 0.05) is 19.0 Å². The van der Waals surface area contributed by atoms with Crippen molar-refractivity contribution >= 4 is 0 Å². The standard InChI is InChI=1S/C13H16N2/c1-13(2)9-15-8-12(13)11-6-4-3-5-10(11)7-14/h3-6,12,15H,8-9H2,1-2H3/t12-/m1/s1. The predicted molar refractivity (Wildman–Crippen MR) is 60.5 cm³/mol. The first-order valence-corrected chi connectivity index (χ1v) is 5.35. The van der Waals surface area contributed by atoms with Crippen molar-refractivity contribution < 1.29 is 0 Å². The zero-order valence-electron chi connectivity index (χ0n) is 9.25. The van der Waals surface area contributed by atoms with Gasteiger partial charge in [0.25, 0.3) is 0 Å². The lowest BCUT2D eigenvalue weighted by Gasteiger charge is -2.26. The Labute approximate surface area is 90.9 Å². The first kappa shape index (κ1) is 10.2. The van der Waals surface area contributed by atoms with Gasteiger partial charge in [0.1, 0.15) is 0 Å². The van der Waals surface area contributed by atoms with E-state index in [1.165, 1.54) is 5.56 Å². The Morgan fingerprint density at radius 1 is 1.40 bits per heavy atom. The summed E-state index contributed by atoms with van der Waals surface area (Å²) in [6.45, 7) is 6.51. The van der Waals surface area contributed by atoms with E-state index in [0.717, 1.165) is 18.7 Å². The van der Waals surface area contributed by atoms with Gasteiger partial charge in [-0.1, -0.05) is 32.0 Å². The molecule has 0 spiro atoms. The maximum absolute atomic E-state index is 9.08. The van der Waals surface area contributed by atoms with E-state index < -0.39 is 0 Å². The van der Waals surface area contributed by atoms with Gasteiger partial charge in [0.05, 0.1) is 11.6 Å². The lowest BCUT2D eigenvalue weighted by molar-refractivity contribution is 0.362. The third-order valence-corrected chi connectivity index (χ3v) is 3.33. The SMILES string of the molecule is CC1(C)CNC[C@@H]1c1ccccc1C#N. The summed E-state index contributed by atoms with van der Waals surface area (Å²) in [5.74, 6) is 0.452. The zero-order valence-corrected chi connectivity index (χ0v) is 9.25. The van der Waals surface area contributed by atoms with E-state index in [1.54, 1.807) is 0 Å². The quantitative estimate of drug-likeness (QED) is 0.755. The number of nitriles is 1.